The molecule has 2 amide bonds. The summed E-state index contributed by atoms with van der Waals surface area (Å²) in [4.78, 5) is 24.8. The van der Waals surface area contributed by atoms with Crippen molar-refractivity contribution in [2.45, 2.75) is 23.8 Å². The van der Waals surface area contributed by atoms with Gasteiger partial charge in [0.25, 0.3) is 11.8 Å². The Bertz CT molecular complexity index is 1070. The van der Waals surface area contributed by atoms with Crippen LogP contribution in [-0.2, 0) is 14.8 Å². The van der Waals surface area contributed by atoms with Crippen LogP contribution in [0.4, 0.5) is 0 Å². The Hall–Kier alpha value is -3.11. The summed E-state index contributed by atoms with van der Waals surface area (Å²) in [7, 11) is -3.64. The maximum Gasteiger partial charge on any atom is 0.283 e. The molecular weight excluding hydrogens is 410 g/mol. The third-order valence-electron chi connectivity index (χ3n) is 4.90. The van der Waals surface area contributed by atoms with Gasteiger partial charge in [-0.1, -0.05) is 18.2 Å². The van der Waals surface area contributed by atoms with Gasteiger partial charge in [0.05, 0.1) is 4.90 Å². The number of amides is 2. The molecule has 1 fully saturated rings. The number of benzene rings is 2. The molecule has 2 aromatic rings. The molecule has 158 valence electrons. The van der Waals surface area contributed by atoms with E-state index >= 15 is 0 Å². The summed E-state index contributed by atoms with van der Waals surface area (Å²) in [5.41, 5.74) is 4.69. The number of sulfonamides is 1. The Kier molecular flexibility index (Phi) is 5.60. The number of carbonyl (C=O) groups is 2. The smallest absolute Gasteiger partial charge is 0.283 e. The zero-order valence-electron chi connectivity index (χ0n) is 16.0. The third-order valence-corrected chi connectivity index (χ3v) is 6.79. The van der Waals surface area contributed by atoms with Gasteiger partial charge in [-0.15, -0.1) is 0 Å². The maximum atomic E-state index is 12.7. The highest BCUT2D eigenvalue weighted by Crippen LogP contribution is 2.30. The van der Waals surface area contributed by atoms with E-state index in [1.54, 1.807) is 24.3 Å². The average Bonchev–Trinajstić information content (AvgIpc) is 3.33. The number of carbonyl (C=O) groups excluding carboxylic acids is 2. The van der Waals surface area contributed by atoms with E-state index in [-0.39, 0.29) is 17.1 Å². The molecule has 0 aromatic heterocycles. The molecule has 1 atom stereocenters. The van der Waals surface area contributed by atoms with Crippen molar-refractivity contribution < 1.29 is 27.5 Å². The first-order valence-electron chi connectivity index (χ1n) is 9.54. The van der Waals surface area contributed by atoms with Gasteiger partial charge in [-0.2, -0.15) is 4.31 Å². The Balaban J connectivity index is 1.38. The summed E-state index contributed by atoms with van der Waals surface area (Å²) in [6, 6.07) is 12.7. The van der Waals surface area contributed by atoms with Crippen molar-refractivity contribution in [1.29, 1.82) is 0 Å². The van der Waals surface area contributed by atoms with Crippen LogP contribution in [0.2, 0.25) is 0 Å². The fourth-order valence-electron chi connectivity index (χ4n) is 3.30. The highest BCUT2D eigenvalue weighted by atomic mass is 32.2. The number of hydrogen-bond donors (Lipinski definition) is 2. The van der Waals surface area contributed by atoms with Crippen LogP contribution < -0.4 is 20.3 Å². The Morgan fingerprint density at radius 3 is 2.47 bits per heavy atom. The molecule has 2 N–H and O–H groups in total. The summed E-state index contributed by atoms with van der Waals surface area (Å²) >= 11 is 0. The number of ether oxygens (including phenoxy) is 2. The predicted octanol–water partition coefficient (Wildman–Crippen LogP) is 1.07. The third kappa shape index (κ3) is 4.10. The van der Waals surface area contributed by atoms with Crippen LogP contribution >= 0.6 is 0 Å². The lowest BCUT2D eigenvalue weighted by molar-refractivity contribution is -0.131. The normalized spacial score (nSPS) is 18.6. The minimum atomic E-state index is -3.64. The molecule has 0 spiro atoms. The summed E-state index contributed by atoms with van der Waals surface area (Å²) < 4.78 is 37.8. The summed E-state index contributed by atoms with van der Waals surface area (Å²) in [6.45, 7) is 0.949. The molecule has 0 bridgehead atoms. The van der Waals surface area contributed by atoms with E-state index < -0.39 is 27.9 Å². The number of fused-ring (bicyclic) bond motifs is 1. The van der Waals surface area contributed by atoms with E-state index in [1.807, 2.05) is 0 Å². The molecule has 0 aliphatic carbocycles. The average molecular weight is 431 g/mol. The minimum absolute atomic E-state index is 0.00226. The molecule has 2 aromatic carbocycles. The maximum absolute atomic E-state index is 12.7. The summed E-state index contributed by atoms with van der Waals surface area (Å²) in [5.74, 6) is -0.241. The standard InChI is InChI=1S/C20H21N3O6S/c24-19(14-6-5-7-15(12-14)30(26,27)23-10-3-4-11-23)21-22-20(25)18-13-28-16-8-1-2-9-17(16)29-18/h1-2,5-9,12,18H,3-4,10-11,13H2,(H,21,24)(H,22,25). The molecule has 30 heavy (non-hydrogen) atoms. The zero-order chi connectivity index (χ0) is 21.1. The van der Waals surface area contributed by atoms with E-state index in [1.165, 1.54) is 28.6 Å². The van der Waals surface area contributed by atoms with E-state index in [9.17, 15) is 18.0 Å². The van der Waals surface area contributed by atoms with Crippen molar-refractivity contribution in [3.8, 4) is 11.5 Å². The number of hydrogen-bond acceptors (Lipinski definition) is 6. The number of para-hydroxylation sites is 2. The molecule has 2 aliphatic heterocycles. The monoisotopic (exact) mass is 431 g/mol. The first-order valence-corrected chi connectivity index (χ1v) is 11.0. The molecule has 0 radical (unpaired) electrons. The molecule has 9 nitrogen and oxygen atoms in total. The van der Waals surface area contributed by atoms with Gasteiger partial charge in [0.2, 0.25) is 16.1 Å². The lowest BCUT2D eigenvalue weighted by Crippen LogP contribution is -2.50. The fraction of sp³-hybridized carbons (Fsp3) is 0.300. The molecule has 2 aliphatic rings. The summed E-state index contributed by atoms with van der Waals surface area (Å²) in [6.07, 6.45) is 0.716. The van der Waals surface area contributed by atoms with Crippen LogP contribution in [0.15, 0.2) is 53.4 Å². The molecule has 1 unspecified atom stereocenters. The lowest BCUT2D eigenvalue weighted by Gasteiger charge is -2.25. The fourth-order valence-corrected chi connectivity index (χ4v) is 4.86. The molecule has 10 heteroatoms. The second-order valence-electron chi connectivity index (χ2n) is 6.95. The number of rotatable bonds is 4. The van der Waals surface area contributed by atoms with Crippen LogP contribution in [0.1, 0.15) is 23.2 Å². The quantitative estimate of drug-likeness (QED) is 0.700. The van der Waals surface area contributed by atoms with Crippen molar-refractivity contribution in [2.24, 2.45) is 0 Å². The molecule has 1 saturated heterocycles. The van der Waals surface area contributed by atoms with Crippen LogP contribution in [0.25, 0.3) is 0 Å². The topological polar surface area (TPSA) is 114 Å². The largest absolute Gasteiger partial charge is 0.485 e. The van der Waals surface area contributed by atoms with Gasteiger partial charge in [0, 0.05) is 18.7 Å². The van der Waals surface area contributed by atoms with Gasteiger partial charge < -0.3 is 9.47 Å². The second kappa shape index (κ2) is 8.33. The van der Waals surface area contributed by atoms with Crippen molar-refractivity contribution in [3.63, 3.8) is 0 Å². The number of nitrogens with zero attached hydrogens (tertiary/aromatic N) is 1. The van der Waals surface area contributed by atoms with Gasteiger partial charge in [-0.25, -0.2) is 8.42 Å². The van der Waals surface area contributed by atoms with Crippen molar-refractivity contribution in [3.05, 3.63) is 54.1 Å². The van der Waals surface area contributed by atoms with Gasteiger partial charge in [-0.05, 0) is 43.2 Å². The van der Waals surface area contributed by atoms with Crippen LogP contribution in [0.5, 0.6) is 11.5 Å². The van der Waals surface area contributed by atoms with Gasteiger partial charge >= 0.3 is 0 Å². The molecule has 4 rings (SSSR count). The molecular formula is C20H21N3O6S. The van der Waals surface area contributed by atoms with Gasteiger partial charge in [0.15, 0.2) is 11.5 Å². The SMILES string of the molecule is O=C(NNC(=O)C1COc2ccccc2O1)c1cccc(S(=O)(=O)N2CCCC2)c1. The van der Waals surface area contributed by atoms with E-state index in [2.05, 4.69) is 10.9 Å². The van der Waals surface area contributed by atoms with E-state index in [4.69, 9.17) is 9.47 Å². The van der Waals surface area contributed by atoms with Gasteiger partial charge in [-0.3, -0.25) is 20.4 Å². The Morgan fingerprint density at radius 2 is 1.70 bits per heavy atom. The van der Waals surface area contributed by atoms with Crippen LogP contribution in [0.3, 0.4) is 0 Å². The second-order valence-corrected chi connectivity index (χ2v) is 8.88. The first kappa shape index (κ1) is 20.2. The van der Waals surface area contributed by atoms with Gasteiger partial charge in [0.1, 0.15) is 6.61 Å². The van der Waals surface area contributed by atoms with Crippen LogP contribution in [-0.4, -0.2) is 50.3 Å². The number of nitrogens with one attached hydrogen (secondary N) is 2. The Labute approximate surface area is 174 Å². The van der Waals surface area contributed by atoms with Crippen molar-refractivity contribution in [1.82, 2.24) is 15.2 Å². The minimum Gasteiger partial charge on any atom is -0.485 e. The lowest BCUT2D eigenvalue weighted by atomic mass is 10.2. The van der Waals surface area contributed by atoms with E-state index in [0.29, 0.717) is 24.6 Å². The zero-order valence-corrected chi connectivity index (χ0v) is 16.9. The predicted molar refractivity (Wildman–Crippen MR) is 106 cm³/mol. The molecule has 2 heterocycles. The van der Waals surface area contributed by atoms with Crippen molar-refractivity contribution >= 4 is 21.8 Å². The van der Waals surface area contributed by atoms with Crippen LogP contribution in [0, 0.1) is 0 Å². The summed E-state index contributed by atoms with van der Waals surface area (Å²) in [5, 5.41) is 0. The molecule has 0 saturated carbocycles. The van der Waals surface area contributed by atoms with Crippen molar-refractivity contribution in [2.75, 3.05) is 19.7 Å². The highest BCUT2D eigenvalue weighted by molar-refractivity contribution is 7.89. The number of hydrazine groups is 1. The highest BCUT2D eigenvalue weighted by Gasteiger charge is 2.29. The van der Waals surface area contributed by atoms with E-state index in [0.717, 1.165) is 12.8 Å². The Morgan fingerprint density at radius 1 is 0.967 bits per heavy atom. The first-order chi connectivity index (χ1) is 14.4.